The Morgan fingerprint density at radius 1 is 1.00 bits per heavy atom. The van der Waals surface area contributed by atoms with Gasteiger partial charge in [-0.2, -0.15) is 4.68 Å². The fourth-order valence-corrected chi connectivity index (χ4v) is 3.92. The molecule has 1 N–H and O–H groups in total. The molecule has 1 aliphatic rings. The van der Waals surface area contributed by atoms with Crippen molar-refractivity contribution in [3.63, 3.8) is 0 Å². The van der Waals surface area contributed by atoms with Crippen LogP contribution >= 0.6 is 0 Å². The number of tetrazole rings is 1. The summed E-state index contributed by atoms with van der Waals surface area (Å²) in [5, 5.41) is 15.2. The van der Waals surface area contributed by atoms with Gasteiger partial charge in [-0.1, -0.05) is 32.9 Å². The quantitative estimate of drug-likeness (QED) is 0.600. The first-order chi connectivity index (χ1) is 16.3. The van der Waals surface area contributed by atoms with E-state index in [0.717, 1.165) is 36.0 Å². The van der Waals surface area contributed by atoms with Crippen LogP contribution in [0.3, 0.4) is 0 Å². The number of piperazine rings is 1. The van der Waals surface area contributed by atoms with Crippen LogP contribution in [0.15, 0.2) is 48.5 Å². The molecule has 34 heavy (non-hydrogen) atoms. The van der Waals surface area contributed by atoms with Gasteiger partial charge in [-0.15, -0.1) is 5.10 Å². The number of hydrogen-bond acceptors (Lipinski definition) is 6. The van der Waals surface area contributed by atoms with E-state index in [1.54, 1.807) is 4.68 Å². The Labute approximate surface area is 200 Å². The van der Waals surface area contributed by atoms with Crippen LogP contribution in [0.1, 0.15) is 39.1 Å². The zero-order chi connectivity index (χ0) is 24.1. The number of nitrogens with one attached hydrogen (secondary N) is 1. The van der Waals surface area contributed by atoms with Crippen LogP contribution in [0.25, 0.3) is 5.69 Å². The predicted octanol–water partition coefficient (Wildman–Crippen LogP) is 3.71. The monoisotopic (exact) mass is 463 g/mol. The van der Waals surface area contributed by atoms with E-state index in [1.807, 2.05) is 48.2 Å². The molecule has 0 aliphatic carbocycles. The molecule has 0 spiro atoms. The summed E-state index contributed by atoms with van der Waals surface area (Å²) in [6.45, 7) is 12.5. The zero-order valence-electron chi connectivity index (χ0n) is 20.4. The molecule has 2 heterocycles. The molecule has 3 aromatic rings. The minimum Gasteiger partial charge on any atom is -0.494 e. The van der Waals surface area contributed by atoms with E-state index in [4.69, 9.17) is 4.74 Å². The molecule has 1 aromatic heterocycles. The Bertz CT molecular complexity index is 1080. The predicted molar refractivity (Wildman–Crippen MR) is 131 cm³/mol. The average molecular weight is 464 g/mol. The molecule has 2 amide bonds. The summed E-state index contributed by atoms with van der Waals surface area (Å²) in [5.41, 5.74) is 3.03. The first-order valence-electron chi connectivity index (χ1n) is 11.7. The molecule has 9 nitrogen and oxygen atoms in total. The van der Waals surface area contributed by atoms with E-state index in [-0.39, 0.29) is 11.4 Å². The maximum Gasteiger partial charge on any atom is 0.321 e. The molecular weight excluding hydrogens is 430 g/mol. The SMILES string of the molecule is CCOc1ccc(-n2nnnc2CN2CCN(C(=O)Nc3ccc(C(C)(C)C)cc3)CC2)cc1. The second-order valence-electron chi connectivity index (χ2n) is 9.45. The van der Waals surface area contributed by atoms with Crippen LogP contribution in [0.5, 0.6) is 5.75 Å². The zero-order valence-corrected chi connectivity index (χ0v) is 20.4. The molecule has 0 atom stereocenters. The first kappa shape index (κ1) is 23.7. The minimum atomic E-state index is -0.0672. The number of ether oxygens (including phenoxy) is 1. The number of carbonyl (C=O) groups is 1. The van der Waals surface area contributed by atoms with Gasteiger partial charge in [-0.25, -0.2) is 4.79 Å². The number of benzene rings is 2. The highest BCUT2D eigenvalue weighted by Crippen LogP contribution is 2.23. The van der Waals surface area contributed by atoms with E-state index in [2.05, 4.69) is 58.6 Å². The highest BCUT2D eigenvalue weighted by atomic mass is 16.5. The molecule has 2 aromatic carbocycles. The summed E-state index contributed by atoms with van der Waals surface area (Å²) in [4.78, 5) is 16.8. The highest BCUT2D eigenvalue weighted by molar-refractivity contribution is 5.89. The summed E-state index contributed by atoms with van der Waals surface area (Å²) in [6, 6.07) is 15.7. The fraction of sp³-hybridized carbons (Fsp3) is 0.440. The number of urea groups is 1. The van der Waals surface area contributed by atoms with Gasteiger partial charge in [0.15, 0.2) is 5.82 Å². The molecule has 1 aliphatic heterocycles. The number of nitrogens with zero attached hydrogens (tertiary/aromatic N) is 6. The van der Waals surface area contributed by atoms with Gasteiger partial charge < -0.3 is 15.0 Å². The maximum atomic E-state index is 12.7. The van der Waals surface area contributed by atoms with Crippen LogP contribution in [0, 0.1) is 0 Å². The number of amides is 2. The van der Waals surface area contributed by atoms with Gasteiger partial charge in [-0.3, -0.25) is 4.90 Å². The van der Waals surface area contributed by atoms with E-state index in [9.17, 15) is 4.79 Å². The molecule has 1 saturated heterocycles. The molecule has 180 valence electrons. The van der Waals surface area contributed by atoms with Crippen LogP contribution in [-0.4, -0.2) is 68.8 Å². The lowest BCUT2D eigenvalue weighted by Crippen LogP contribution is -2.49. The van der Waals surface area contributed by atoms with Crippen LogP contribution in [0.4, 0.5) is 10.5 Å². The Morgan fingerprint density at radius 3 is 2.29 bits per heavy atom. The van der Waals surface area contributed by atoms with Gasteiger partial charge in [0.1, 0.15) is 5.75 Å². The van der Waals surface area contributed by atoms with E-state index >= 15 is 0 Å². The van der Waals surface area contributed by atoms with Crippen molar-refractivity contribution in [3.05, 3.63) is 59.9 Å². The summed E-state index contributed by atoms with van der Waals surface area (Å²) in [6.07, 6.45) is 0. The summed E-state index contributed by atoms with van der Waals surface area (Å²) < 4.78 is 7.25. The molecular formula is C25H33N7O2. The third-order valence-corrected chi connectivity index (χ3v) is 5.95. The largest absolute Gasteiger partial charge is 0.494 e. The van der Waals surface area contributed by atoms with Crippen molar-refractivity contribution in [2.45, 2.75) is 39.7 Å². The van der Waals surface area contributed by atoms with Crippen LogP contribution < -0.4 is 10.1 Å². The molecule has 0 unspecified atom stereocenters. The summed E-state index contributed by atoms with van der Waals surface area (Å²) >= 11 is 0. The second kappa shape index (κ2) is 10.2. The fourth-order valence-electron chi connectivity index (χ4n) is 3.92. The standard InChI is InChI=1S/C25H33N7O2/c1-5-34-22-12-10-21(11-13-22)32-23(27-28-29-32)18-30-14-16-31(17-15-30)24(33)26-20-8-6-19(7-9-20)25(2,3)4/h6-13H,5,14-18H2,1-4H3,(H,26,33). The van der Waals surface area contributed by atoms with E-state index < -0.39 is 0 Å². The lowest BCUT2D eigenvalue weighted by Gasteiger charge is -2.34. The van der Waals surface area contributed by atoms with Crippen molar-refractivity contribution in [1.82, 2.24) is 30.0 Å². The molecule has 1 fully saturated rings. The first-order valence-corrected chi connectivity index (χ1v) is 11.7. The topological polar surface area (TPSA) is 88.4 Å². The van der Waals surface area contributed by atoms with Crippen molar-refractivity contribution < 1.29 is 9.53 Å². The van der Waals surface area contributed by atoms with Crippen molar-refractivity contribution >= 4 is 11.7 Å². The van der Waals surface area contributed by atoms with Gasteiger partial charge >= 0.3 is 6.03 Å². The maximum absolute atomic E-state index is 12.7. The van der Waals surface area contributed by atoms with Crippen LogP contribution in [-0.2, 0) is 12.0 Å². The van der Waals surface area contributed by atoms with Gasteiger partial charge in [-0.05, 0) is 64.7 Å². The number of rotatable bonds is 6. The Morgan fingerprint density at radius 2 is 1.68 bits per heavy atom. The summed E-state index contributed by atoms with van der Waals surface area (Å²) in [7, 11) is 0. The average Bonchev–Trinajstić information content (AvgIpc) is 3.28. The Balaban J connectivity index is 1.30. The van der Waals surface area contributed by atoms with Crippen molar-refractivity contribution in [1.29, 1.82) is 0 Å². The van der Waals surface area contributed by atoms with Crippen LogP contribution in [0.2, 0.25) is 0 Å². The minimum absolute atomic E-state index is 0.0672. The lowest BCUT2D eigenvalue weighted by atomic mass is 9.87. The molecule has 0 radical (unpaired) electrons. The Hall–Kier alpha value is -3.46. The second-order valence-corrected chi connectivity index (χ2v) is 9.45. The lowest BCUT2D eigenvalue weighted by molar-refractivity contribution is 0.140. The van der Waals surface area contributed by atoms with Crippen molar-refractivity contribution in [3.8, 4) is 11.4 Å². The van der Waals surface area contributed by atoms with Gasteiger partial charge in [0.2, 0.25) is 0 Å². The smallest absolute Gasteiger partial charge is 0.321 e. The van der Waals surface area contributed by atoms with Gasteiger partial charge in [0.05, 0.1) is 18.8 Å². The number of aromatic nitrogens is 4. The molecule has 9 heteroatoms. The number of anilines is 1. The molecule has 4 rings (SSSR count). The van der Waals surface area contributed by atoms with Gasteiger partial charge in [0, 0.05) is 31.9 Å². The number of hydrogen-bond donors (Lipinski definition) is 1. The van der Waals surface area contributed by atoms with E-state index in [0.29, 0.717) is 26.2 Å². The third-order valence-electron chi connectivity index (χ3n) is 5.95. The van der Waals surface area contributed by atoms with Crippen molar-refractivity contribution in [2.75, 3.05) is 38.1 Å². The van der Waals surface area contributed by atoms with E-state index in [1.165, 1.54) is 5.56 Å². The Kier molecular flexibility index (Phi) is 7.12. The van der Waals surface area contributed by atoms with Gasteiger partial charge in [0.25, 0.3) is 0 Å². The van der Waals surface area contributed by atoms with Crippen molar-refractivity contribution in [2.24, 2.45) is 0 Å². The third kappa shape index (κ3) is 5.72. The molecule has 0 bridgehead atoms. The highest BCUT2D eigenvalue weighted by Gasteiger charge is 2.23. The summed E-state index contributed by atoms with van der Waals surface area (Å²) in [5.74, 6) is 1.58. The molecule has 0 saturated carbocycles. The normalized spacial score (nSPS) is 14.8. The number of carbonyl (C=O) groups excluding carboxylic acids is 1.